The Balaban J connectivity index is 2.51. The summed E-state index contributed by atoms with van der Waals surface area (Å²) < 4.78 is 13.0. The minimum Gasteiger partial charge on any atom is -0.481 e. The highest BCUT2D eigenvalue weighted by atomic mass is 35.5. The van der Waals surface area contributed by atoms with Crippen LogP contribution < -0.4 is 10.6 Å². The fourth-order valence-corrected chi connectivity index (χ4v) is 1.42. The van der Waals surface area contributed by atoms with Gasteiger partial charge in [0.05, 0.1) is 6.42 Å². The van der Waals surface area contributed by atoms with Gasteiger partial charge in [-0.2, -0.15) is 0 Å². The monoisotopic (exact) mass is 288 g/mol. The molecule has 3 amide bonds. The molecule has 0 bridgehead atoms. The van der Waals surface area contributed by atoms with Gasteiger partial charge < -0.3 is 10.4 Å². The fourth-order valence-electron chi connectivity index (χ4n) is 1.20. The van der Waals surface area contributed by atoms with Crippen molar-refractivity contribution in [2.75, 3.05) is 5.32 Å². The molecule has 0 aromatic heterocycles. The Morgan fingerprint density at radius 1 is 1.21 bits per heavy atom. The molecule has 8 heteroatoms. The Hall–Kier alpha value is -2.15. The van der Waals surface area contributed by atoms with E-state index in [1.54, 1.807) is 0 Å². The zero-order valence-electron chi connectivity index (χ0n) is 9.57. The van der Waals surface area contributed by atoms with Crippen LogP contribution in [0, 0.1) is 5.82 Å². The predicted molar refractivity (Wildman–Crippen MR) is 65.4 cm³/mol. The maximum absolute atomic E-state index is 13.0. The van der Waals surface area contributed by atoms with Crippen molar-refractivity contribution >= 4 is 35.2 Å². The van der Waals surface area contributed by atoms with Crippen LogP contribution in [0.3, 0.4) is 0 Å². The highest BCUT2D eigenvalue weighted by molar-refractivity contribution is 6.30. The molecule has 102 valence electrons. The lowest BCUT2D eigenvalue weighted by atomic mass is 10.3. The molecule has 0 atom stereocenters. The Kier molecular flexibility index (Phi) is 5.25. The number of carbonyl (C=O) groups excluding carboxylic acids is 2. The summed E-state index contributed by atoms with van der Waals surface area (Å²) in [6.45, 7) is 0. The van der Waals surface area contributed by atoms with E-state index in [1.165, 1.54) is 6.07 Å². The van der Waals surface area contributed by atoms with Crippen LogP contribution in [0.5, 0.6) is 0 Å². The van der Waals surface area contributed by atoms with Crippen LogP contribution >= 0.6 is 11.6 Å². The first-order valence-corrected chi connectivity index (χ1v) is 5.53. The molecule has 0 aliphatic heterocycles. The van der Waals surface area contributed by atoms with Gasteiger partial charge in [0.2, 0.25) is 5.91 Å². The number of amides is 3. The minimum absolute atomic E-state index is 0.0773. The predicted octanol–water partition coefficient (Wildman–Crippen LogP) is 1.99. The number of halogens is 2. The van der Waals surface area contributed by atoms with Gasteiger partial charge in [-0.05, 0) is 18.2 Å². The van der Waals surface area contributed by atoms with Gasteiger partial charge in [-0.3, -0.25) is 14.9 Å². The lowest BCUT2D eigenvalue weighted by Gasteiger charge is -2.06. The number of imide groups is 1. The standard InChI is InChI=1S/C11H10ClFN2O4/c12-6-3-7(13)5-8(4-6)14-11(19)15-9(16)1-2-10(17)18/h3-5H,1-2H2,(H,17,18)(H2,14,15,16,19). The number of hydrogen-bond donors (Lipinski definition) is 3. The molecule has 0 saturated heterocycles. The first kappa shape index (κ1) is 14.9. The lowest BCUT2D eigenvalue weighted by Crippen LogP contribution is -2.34. The first-order valence-electron chi connectivity index (χ1n) is 5.15. The van der Waals surface area contributed by atoms with Crippen molar-refractivity contribution in [3.05, 3.63) is 29.0 Å². The van der Waals surface area contributed by atoms with Gasteiger partial charge in [-0.25, -0.2) is 9.18 Å². The molecule has 19 heavy (non-hydrogen) atoms. The van der Waals surface area contributed by atoms with Crippen LogP contribution in [-0.4, -0.2) is 23.0 Å². The molecular weight excluding hydrogens is 279 g/mol. The van der Waals surface area contributed by atoms with Gasteiger partial charge in [0.25, 0.3) is 0 Å². The van der Waals surface area contributed by atoms with E-state index in [0.29, 0.717) is 0 Å². The normalized spacial score (nSPS) is 9.79. The molecule has 1 aromatic rings. The molecular formula is C11H10ClFN2O4. The number of benzene rings is 1. The maximum atomic E-state index is 13.0. The molecule has 1 aromatic carbocycles. The quantitative estimate of drug-likeness (QED) is 0.789. The number of urea groups is 1. The number of carbonyl (C=O) groups is 3. The number of rotatable bonds is 4. The minimum atomic E-state index is -1.15. The van der Waals surface area contributed by atoms with E-state index in [-0.39, 0.29) is 23.6 Å². The highest BCUT2D eigenvalue weighted by Gasteiger charge is 2.10. The SMILES string of the molecule is O=C(O)CCC(=O)NC(=O)Nc1cc(F)cc(Cl)c1. The Morgan fingerprint density at radius 3 is 2.47 bits per heavy atom. The Morgan fingerprint density at radius 2 is 1.89 bits per heavy atom. The molecule has 0 saturated carbocycles. The van der Waals surface area contributed by atoms with Gasteiger partial charge >= 0.3 is 12.0 Å². The third kappa shape index (κ3) is 5.82. The van der Waals surface area contributed by atoms with Crippen molar-refractivity contribution < 1.29 is 23.9 Å². The molecule has 0 fully saturated rings. The average molecular weight is 289 g/mol. The highest BCUT2D eigenvalue weighted by Crippen LogP contribution is 2.17. The van der Waals surface area contributed by atoms with Gasteiger partial charge in [-0.15, -0.1) is 0 Å². The number of carboxylic acid groups (broad SMARTS) is 1. The number of nitrogens with one attached hydrogen (secondary N) is 2. The zero-order valence-corrected chi connectivity index (χ0v) is 10.3. The number of aliphatic carboxylic acids is 1. The van der Waals surface area contributed by atoms with Crippen molar-refractivity contribution in [2.45, 2.75) is 12.8 Å². The number of anilines is 1. The average Bonchev–Trinajstić information content (AvgIpc) is 2.24. The topological polar surface area (TPSA) is 95.5 Å². The van der Waals surface area contributed by atoms with Crippen molar-refractivity contribution in [1.82, 2.24) is 5.32 Å². The summed E-state index contributed by atoms with van der Waals surface area (Å²) in [4.78, 5) is 32.7. The first-order chi connectivity index (χ1) is 8.86. The second kappa shape index (κ2) is 6.69. The van der Waals surface area contributed by atoms with Gasteiger partial charge in [0.1, 0.15) is 5.82 Å². The van der Waals surface area contributed by atoms with Gasteiger partial charge in [0.15, 0.2) is 0 Å². The van der Waals surface area contributed by atoms with Crippen LogP contribution in [0.15, 0.2) is 18.2 Å². The van der Waals surface area contributed by atoms with Crippen molar-refractivity contribution in [1.29, 1.82) is 0 Å². The largest absolute Gasteiger partial charge is 0.481 e. The third-order valence-electron chi connectivity index (χ3n) is 1.94. The van der Waals surface area contributed by atoms with E-state index in [4.69, 9.17) is 16.7 Å². The second-order valence-corrected chi connectivity index (χ2v) is 3.99. The number of hydrogen-bond acceptors (Lipinski definition) is 3. The Bertz CT molecular complexity index is 501. The van der Waals surface area contributed by atoms with Gasteiger partial charge in [0, 0.05) is 17.1 Å². The molecule has 0 radical (unpaired) electrons. The summed E-state index contributed by atoms with van der Waals surface area (Å²) in [7, 11) is 0. The molecule has 3 N–H and O–H groups in total. The van der Waals surface area contributed by atoms with Crippen LogP contribution in [0.2, 0.25) is 5.02 Å². The molecule has 0 heterocycles. The second-order valence-electron chi connectivity index (χ2n) is 3.55. The molecule has 0 unspecified atom stereocenters. The molecule has 0 spiro atoms. The summed E-state index contributed by atoms with van der Waals surface area (Å²) in [5.74, 6) is -2.53. The summed E-state index contributed by atoms with van der Waals surface area (Å²) in [6, 6.07) is 2.49. The van der Waals surface area contributed by atoms with Crippen LogP contribution in [0.25, 0.3) is 0 Å². The summed E-state index contributed by atoms with van der Waals surface area (Å²) in [6.07, 6.45) is -0.711. The van der Waals surface area contributed by atoms with Crippen LogP contribution in [-0.2, 0) is 9.59 Å². The van der Waals surface area contributed by atoms with Crippen molar-refractivity contribution in [3.8, 4) is 0 Å². The smallest absolute Gasteiger partial charge is 0.325 e. The summed E-state index contributed by atoms with van der Waals surface area (Å²) in [5.41, 5.74) is 0.0773. The van der Waals surface area contributed by atoms with E-state index in [2.05, 4.69) is 5.32 Å². The fraction of sp³-hybridized carbons (Fsp3) is 0.182. The molecule has 0 aliphatic rings. The summed E-state index contributed by atoms with van der Waals surface area (Å²) >= 11 is 5.58. The van der Waals surface area contributed by atoms with Crippen molar-refractivity contribution in [3.63, 3.8) is 0 Å². The third-order valence-corrected chi connectivity index (χ3v) is 2.16. The van der Waals surface area contributed by atoms with E-state index < -0.39 is 23.7 Å². The van der Waals surface area contributed by atoms with E-state index in [9.17, 15) is 18.8 Å². The zero-order chi connectivity index (χ0) is 14.4. The molecule has 0 aliphatic carbocycles. The van der Waals surface area contributed by atoms with Gasteiger partial charge in [-0.1, -0.05) is 11.6 Å². The number of carboxylic acids is 1. The van der Waals surface area contributed by atoms with E-state index in [1.807, 2.05) is 5.32 Å². The maximum Gasteiger partial charge on any atom is 0.325 e. The Labute approximate surface area is 112 Å². The van der Waals surface area contributed by atoms with Crippen molar-refractivity contribution in [2.24, 2.45) is 0 Å². The van der Waals surface area contributed by atoms with E-state index in [0.717, 1.165) is 12.1 Å². The van der Waals surface area contributed by atoms with Crippen LogP contribution in [0.1, 0.15) is 12.8 Å². The molecule has 6 nitrogen and oxygen atoms in total. The molecule has 1 rings (SSSR count). The summed E-state index contributed by atoms with van der Waals surface area (Å²) in [5, 5.41) is 12.6. The van der Waals surface area contributed by atoms with Crippen LogP contribution in [0.4, 0.5) is 14.9 Å². The van der Waals surface area contributed by atoms with E-state index >= 15 is 0 Å². The lowest BCUT2D eigenvalue weighted by molar-refractivity contribution is -0.138.